The third kappa shape index (κ3) is 4.68. The van der Waals surface area contributed by atoms with Gasteiger partial charge in [-0.2, -0.15) is 11.3 Å². The fraction of sp³-hybridized carbons (Fsp3) is 0.192. The highest BCUT2D eigenvalue weighted by Crippen LogP contribution is 2.45. The van der Waals surface area contributed by atoms with Crippen LogP contribution in [0.15, 0.2) is 76.7 Å². The average molecular weight is 492 g/mol. The summed E-state index contributed by atoms with van der Waals surface area (Å²) in [6.07, 6.45) is 0. The smallest absolute Gasteiger partial charge is 0.294 e. The second-order valence-electron chi connectivity index (χ2n) is 8.33. The van der Waals surface area contributed by atoms with E-state index in [-0.39, 0.29) is 23.8 Å². The van der Waals surface area contributed by atoms with Crippen molar-refractivity contribution >= 4 is 34.6 Å². The molecular weight excluding hydrogens is 466 g/mol. The number of nitrogens with one attached hydrogen (secondary N) is 2. The number of rotatable bonds is 8. The van der Waals surface area contributed by atoms with E-state index in [0.29, 0.717) is 17.0 Å². The molecule has 9 heteroatoms. The SMILES string of the molecule is CC(C)C(=O)C1=C(O)C(=O)N(c2ccc(-c3ccsc3)cc2)C1c1ccccc1OCC(=N)NO. The fourth-order valence-electron chi connectivity index (χ4n) is 3.99. The van der Waals surface area contributed by atoms with E-state index in [9.17, 15) is 14.7 Å². The minimum absolute atomic E-state index is 0.00155. The highest BCUT2D eigenvalue weighted by Gasteiger charge is 2.45. The molecule has 180 valence electrons. The maximum absolute atomic E-state index is 13.3. The van der Waals surface area contributed by atoms with Gasteiger partial charge in [-0.15, -0.1) is 0 Å². The van der Waals surface area contributed by atoms with E-state index in [4.69, 9.17) is 15.4 Å². The number of ether oxygens (including phenoxy) is 1. The quantitative estimate of drug-likeness (QED) is 0.202. The van der Waals surface area contributed by atoms with E-state index in [1.165, 1.54) is 4.90 Å². The number of hydrogen-bond donors (Lipinski definition) is 4. The number of carbonyl (C=O) groups excluding carboxylic acids is 2. The summed E-state index contributed by atoms with van der Waals surface area (Å²) in [5.74, 6) is -2.02. The standard InChI is InChI=1S/C26H25N3O5S/c1-15(2)24(30)22-23(19-5-3-4-6-20(19)34-13-21(27)28-33)29(26(32)25(22)31)18-9-7-16(8-10-18)17-11-12-35-14-17/h3-12,14-15,23,31,33H,13H2,1-2H3,(H2,27,28). The first-order valence-electron chi connectivity index (χ1n) is 11.0. The molecule has 0 fully saturated rings. The van der Waals surface area contributed by atoms with Crippen LogP contribution in [0.4, 0.5) is 5.69 Å². The number of benzene rings is 2. The van der Waals surface area contributed by atoms with Crippen molar-refractivity contribution in [2.24, 2.45) is 5.92 Å². The molecule has 0 spiro atoms. The fourth-order valence-corrected chi connectivity index (χ4v) is 4.66. The van der Waals surface area contributed by atoms with Crippen molar-refractivity contribution in [3.8, 4) is 16.9 Å². The lowest BCUT2D eigenvalue weighted by atomic mass is 9.90. The van der Waals surface area contributed by atoms with Crippen molar-refractivity contribution in [1.82, 2.24) is 5.48 Å². The number of para-hydroxylation sites is 1. The summed E-state index contributed by atoms with van der Waals surface area (Å²) in [6, 6.07) is 15.2. The van der Waals surface area contributed by atoms with Crippen LogP contribution in [0.2, 0.25) is 0 Å². The number of Topliss-reactive ketones (excluding diaryl/α,β-unsaturated/α-hetero) is 1. The highest BCUT2D eigenvalue weighted by molar-refractivity contribution is 7.08. The third-order valence-electron chi connectivity index (χ3n) is 5.72. The molecule has 2 heterocycles. The number of hydroxylamine groups is 1. The second-order valence-corrected chi connectivity index (χ2v) is 9.11. The third-order valence-corrected chi connectivity index (χ3v) is 6.40. The van der Waals surface area contributed by atoms with Crippen molar-refractivity contribution in [3.05, 3.63) is 82.3 Å². The molecule has 4 rings (SSSR count). The zero-order chi connectivity index (χ0) is 25.1. The van der Waals surface area contributed by atoms with Crippen LogP contribution < -0.4 is 15.1 Å². The maximum atomic E-state index is 13.3. The Morgan fingerprint density at radius 2 is 1.86 bits per heavy atom. The van der Waals surface area contributed by atoms with Crippen molar-refractivity contribution in [3.63, 3.8) is 0 Å². The molecule has 0 saturated heterocycles. The number of hydrogen-bond acceptors (Lipinski definition) is 7. The topological polar surface area (TPSA) is 123 Å². The Kier molecular flexibility index (Phi) is 6.99. The molecule has 8 nitrogen and oxygen atoms in total. The van der Waals surface area contributed by atoms with Gasteiger partial charge in [0.2, 0.25) is 0 Å². The molecule has 1 aliphatic heterocycles. The van der Waals surface area contributed by atoms with E-state index >= 15 is 0 Å². The predicted molar refractivity (Wildman–Crippen MR) is 134 cm³/mol. The van der Waals surface area contributed by atoms with Gasteiger partial charge in [0.15, 0.2) is 17.4 Å². The van der Waals surface area contributed by atoms with E-state index in [0.717, 1.165) is 11.1 Å². The van der Waals surface area contributed by atoms with Crippen molar-refractivity contribution in [1.29, 1.82) is 5.41 Å². The Morgan fingerprint density at radius 3 is 2.49 bits per heavy atom. The molecular formula is C26H25N3O5S. The number of thiophene rings is 1. The molecule has 1 atom stereocenters. The van der Waals surface area contributed by atoms with Crippen LogP contribution in [0, 0.1) is 11.3 Å². The van der Waals surface area contributed by atoms with Gasteiger partial charge in [0.1, 0.15) is 12.4 Å². The zero-order valence-electron chi connectivity index (χ0n) is 19.2. The first-order chi connectivity index (χ1) is 16.8. The van der Waals surface area contributed by atoms with Gasteiger partial charge in [0.05, 0.1) is 11.6 Å². The Hall–Kier alpha value is -3.95. The zero-order valence-corrected chi connectivity index (χ0v) is 20.0. The van der Waals surface area contributed by atoms with Gasteiger partial charge in [-0.25, -0.2) is 0 Å². The molecule has 1 aliphatic rings. The summed E-state index contributed by atoms with van der Waals surface area (Å²) in [5.41, 5.74) is 4.74. The van der Waals surface area contributed by atoms with Crippen LogP contribution in [0.25, 0.3) is 11.1 Å². The summed E-state index contributed by atoms with van der Waals surface area (Å²) in [4.78, 5) is 27.9. The minimum atomic E-state index is -0.933. The average Bonchev–Trinajstić information content (AvgIpc) is 3.49. The first kappa shape index (κ1) is 24.2. The van der Waals surface area contributed by atoms with Gasteiger partial charge < -0.3 is 9.84 Å². The van der Waals surface area contributed by atoms with E-state index in [1.807, 2.05) is 29.0 Å². The van der Waals surface area contributed by atoms with Crippen molar-refractivity contribution in [2.75, 3.05) is 11.5 Å². The molecule has 3 aromatic rings. The lowest BCUT2D eigenvalue weighted by Gasteiger charge is -2.29. The first-order valence-corrected chi connectivity index (χ1v) is 11.9. The van der Waals surface area contributed by atoms with E-state index < -0.39 is 23.6 Å². The molecule has 2 aromatic carbocycles. The molecule has 1 unspecified atom stereocenters. The van der Waals surface area contributed by atoms with Gasteiger partial charge in [0, 0.05) is 17.2 Å². The summed E-state index contributed by atoms with van der Waals surface area (Å²) >= 11 is 1.59. The second kappa shape index (κ2) is 10.1. The number of aliphatic hydroxyl groups excluding tert-OH is 1. The normalized spacial score (nSPS) is 15.6. The van der Waals surface area contributed by atoms with Crippen molar-refractivity contribution < 1.29 is 24.6 Å². The van der Waals surface area contributed by atoms with Crippen LogP contribution >= 0.6 is 11.3 Å². The molecule has 4 N–H and O–H groups in total. The summed E-state index contributed by atoms with van der Waals surface area (Å²) in [5, 5.41) is 31.4. The van der Waals surface area contributed by atoms with Crippen LogP contribution in [0.5, 0.6) is 5.75 Å². The van der Waals surface area contributed by atoms with Gasteiger partial charge in [-0.05, 0) is 46.2 Å². The van der Waals surface area contributed by atoms with E-state index in [1.54, 1.807) is 67.1 Å². The Morgan fingerprint density at radius 1 is 1.14 bits per heavy atom. The van der Waals surface area contributed by atoms with Gasteiger partial charge in [0.25, 0.3) is 5.91 Å². The van der Waals surface area contributed by atoms with Crippen LogP contribution in [-0.2, 0) is 9.59 Å². The summed E-state index contributed by atoms with van der Waals surface area (Å²) in [7, 11) is 0. The van der Waals surface area contributed by atoms with Crippen LogP contribution in [0.1, 0.15) is 25.5 Å². The van der Waals surface area contributed by atoms with E-state index in [2.05, 4.69) is 0 Å². The largest absolute Gasteiger partial charge is 0.503 e. The number of amidine groups is 1. The number of ketones is 1. The molecule has 0 bridgehead atoms. The number of carbonyl (C=O) groups is 2. The Labute approximate surface area is 206 Å². The number of aliphatic hydroxyl groups is 1. The minimum Gasteiger partial charge on any atom is -0.503 e. The highest BCUT2D eigenvalue weighted by atomic mass is 32.1. The van der Waals surface area contributed by atoms with Gasteiger partial charge >= 0.3 is 0 Å². The van der Waals surface area contributed by atoms with Crippen LogP contribution in [0.3, 0.4) is 0 Å². The molecule has 0 aliphatic carbocycles. The maximum Gasteiger partial charge on any atom is 0.294 e. The van der Waals surface area contributed by atoms with Gasteiger partial charge in [-0.3, -0.25) is 30.6 Å². The molecule has 1 aromatic heterocycles. The summed E-state index contributed by atoms with van der Waals surface area (Å²) in [6.45, 7) is 3.16. The molecule has 35 heavy (non-hydrogen) atoms. The van der Waals surface area contributed by atoms with Crippen LogP contribution in [-0.4, -0.2) is 34.4 Å². The molecule has 0 radical (unpaired) electrons. The lowest BCUT2D eigenvalue weighted by Crippen LogP contribution is -2.32. The number of nitrogens with zero attached hydrogens (tertiary/aromatic N) is 1. The number of amides is 1. The summed E-state index contributed by atoms with van der Waals surface area (Å²) < 4.78 is 5.71. The predicted octanol–water partition coefficient (Wildman–Crippen LogP) is 4.88. The molecule has 0 saturated carbocycles. The lowest BCUT2D eigenvalue weighted by molar-refractivity contribution is -0.119. The monoisotopic (exact) mass is 491 g/mol. The van der Waals surface area contributed by atoms with Crippen molar-refractivity contribution in [2.45, 2.75) is 19.9 Å². The molecule has 1 amide bonds. The number of anilines is 1. The Bertz CT molecular complexity index is 1280. The Balaban J connectivity index is 1.81. The van der Waals surface area contributed by atoms with Gasteiger partial charge in [-0.1, -0.05) is 44.2 Å².